The molecule has 0 saturated carbocycles. The van der Waals surface area contributed by atoms with Gasteiger partial charge in [0, 0.05) is 11.9 Å². The molecule has 102 valence electrons. The van der Waals surface area contributed by atoms with Crippen molar-refractivity contribution in [2.45, 2.75) is 10.1 Å². The van der Waals surface area contributed by atoms with Crippen LogP contribution in [0.1, 0.15) is 4.88 Å². The van der Waals surface area contributed by atoms with E-state index in [9.17, 15) is 12.8 Å². The number of alkyl halides is 1. The molecule has 0 aliphatic carbocycles. The molecule has 0 spiro atoms. The SMILES string of the molecule is CN(c1ccc(F)cc1)S(=O)(=O)c1ccc(CCl)s1. The van der Waals surface area contributed by atoms with Crippen LogP contribution >= 0.6 is 22.9 Å². The maximum atomic E-state index is 12.8. The van der Waals surface area contributed by atoms with Gasteiger partial charge >= 0.3 is 0 Å². The van der Waals surface area contributed by atoms with Gasteiger partial charge in [-0.25, -0.2) is 12.8 Å². The van der Waals surface area contributed by atoms with Crippen molar-refractivity contribution in [3.8, 4) is 0 Å². The number of nitrogens with zero attached hydrogens (tertiary/aromatic N) is 1. The Morgan fingerprint density at radius 2 is 1.84 bits per heavy atom. The van der Waals surface area contributed by atoms with Crippen LogP contribution in [0, 0.1) is 5.82 Å². The summed E-state index contributed by atoms with van der Waals surface area (Å²) < 4.78 is 38.9. The van der Waals surface area contributed by atoms with E-state index in [-0.39, 0.29) is 10.1 Å². The Kier molecular flexibility index (Phi) is 4.13. The average Bonchev–Trinajstić information content (AvgIpc) is 2.88. The van der Waals surface area contributed by atoms with E-state index in [2.05, 4.69) is 0 Å². The molecule has 0 fully saturated rings. The molecule has 19 heavy (non-hydrogen) atoms. The molecule has 0 saturated heterocycles. The van der Waals surface area contributed by atoms with Gasteiger partial charge in [-0.05, 0) is 36.4 Å². The third-order valence-corrected chi connectivity index (χ3v) is 6.36. The summed E-state index contributed by atoms with van der Waals surface area (Å²) in [5.74, 6) is -0.129. The molecule has 0 amide bonds. The van der Waals surface area contributed by atoms with E-state index in [1.807, 2.05) is 0 Å². The molecule has 0 atom stereocenters. The summed E-state index contributed by atoms with van der Waals surface area (Å²) in [6, 6.07) is 8.49. The Morgan fingerprint density at radius 1 is 1.21 bits per heavy atom. The fraction of sp³-hybridized carbons (Fsp3) is 0.167. The lowest BCUT2D eigenvalue weighted by atomic mass is 10.3. The van der Waals surface area contributed by atoms with Crippen molar-refractivity contribution in [3.05, 3.63) is 47.1 Å². The Hall–Kier alpha value is -1.11. The lowest BCUT2D eigenvalue weighted by Crippen LogP contribution is -2.25. The highest BCUT2D eigenvalue weighted by atomic mass is 35.5. The van der Waals surface area contributed by atoms with Gasteiger partial charge in [0.25, 0.3) is 10.0 Å². The van der Waals surface area contributed by atoms with Gasteiger partial charge in [0.15, 0.2) is 0 Å². The minimum absolute atomic E-state index is 0.218. The molecule has 0 radical (unpaired) electrons. The summed E-state index contributed by atoms with van der Waals surface area (Å²) in [6.45, 7) is 0. The van der Waals surface area contributed by atoms with E-state index < -0.39 is 15.8 Å². The molecule has 0 bridgehead atoms. The zero-order valence-corrected chi connectivity index (χ0v) is 12.4. The van der Waals surface area contributed by atoms with E-state index in [1.165, 1.54) is 37.4 Å². The molecular formula is C12H11ClFNO2S2. The van der Waals surface area contributed by atoms with Gasteiger partial charge in [-0.2, -0.15) is 0 Å². The van der Waals surface area contributed by atoms with Crippen molar-refractivity contribution in [3.63, 3.8) is 0 Å². The molecule has 2 rings (SSSR count). The highest BCUT2D eigenvalue weighted by Gasteiger charge is 2.23. The quantitative estimate of drug-likeness (QED) is 0.809. The van der Waals surface area contributed by atoms with Gasteiger partial charge in [-0.3, -0.25) is 4.31 Å². The normalized spacial score (nSPS) is 11.5. The number of hydrogen-bond acceptors (Lipinski definition) is 3. The lowest BCUT2D eigenvalue weighted by molar-refractivity contribution is 0.596. The number of thiophene rings is 1. The van der Waals surface area contributed by atoms with Crippen LogP contribution in [-0.4, -0.2) is 15.5 Å². The molecule has 1 heterocycles. The first kappa shape index (κ1) is 14.3. The lowest BCUT2D eigenvalue weighted by Gasteiger charge is -2.18. The van der Waals surface area contributed by atoms with Gasteiger partial charge in [-0.1, -0.05) is 0 Å². The number of anilines is 1. The minimum atomic E-state index is -3.62. The highest BCUT2D eigenvalue weighted by Crippen LogP contribution is 2.28. The largest absolute Gasteiger partial charge is 0.273 e. The van der Waals surface area contributed by atoms with E-state index in [1.54, 1.807) is 6.07 Å². The number of sulfonamides is 1. The van der Waals surface area contributed by atoms with Gasteiger partial charge in [0.05, 0.1) is 11.6 Å². The van der Waals surface area contributed by atoms with Crippen LogP contribution in [0.3, 0.4) is 0 Å². The van der Waals surface area contributed by atoms with Crippen LogP contribution in [0.5, 0.6) is 0 Å². The highest BCUT2D eigenvalue weighted by molar-refractivity contribution is 7.94. The maximum Gasteiger partial charge on any atom is 0.273 e. The maximum absolute atomic E-state index is 12.8. The topological polar surface area (TPSA) is 37.4 Å². The van der Waals surface area contributed by atoms with E-state index in [0.717, 1.165) is 20.5 Å². The third kappa shape index (κ3) is 2.91. The molecule has 0 aliphatic rings. The monoisotopic (exact) mass is 319 g/mol. The van der Waals surface area contributed by atoms with Crippen LogP contribution in [0.4, 0.5) is 10.1 Å². The van der Waals surface area contributed by atoms with Crippen LogP contribution < -0.4 is 4.31 Å². The second-order valence-electron chi connectivity index (χ2n) is 3.80. The van der Waals surface area contributed by atoms with Crippen LogP contribution in [0.25, 0.3) is 0 Å². The summed E-state index contributed by atoms with van der Waals surface area (Å²) in [5.41, 5.74) is 0.405. The first-order valence-electron chi connectivity index (χ1n) is 5.34. The molecule has 7 heteroatoms. The van der Waals surface area contributed by atoms with Crippen molar-refractivity contribution in [2.24, 2.45) is 0 Å². The Balaban J connectivity index is 2.36. The van der Waals surface area contributed by atoms with E-state index in [4.69, 9.17) is 11.6 Å². The van der Waals surface area contributed by atoms with Crippen molar-refractivity contribution in [1.82, 2.24) is 0 Å². The van der Waals surface area contributed by atoms with Gasteiger partial charge < -0.3 is 0 Å². The standard InChI is InChI=1S/C12H11ClFNO2S2/c1-15(10-4-2-9(14)3-5-10)19(16,17)12-7-6-11(8-13)18-12/h2-7H,8H2,1H3. The average molecular weight is 320 g/mol. The van der Waals surface area contributed by atoms with Crippen molar-refractivity contribution >= 4 is 38.6 Å². The molecule has 0 aliphatic heterocycles. The van der Waals surface area contributed by atoms with E-state index in [0.29, 0.717) is 5.69 Å². The third-order valence-electron chi connectivity index (χ3n) is 2.57. The number of halogens is 2. The smallest absolute Gasteiger partial charge is 0.269 e. The Bertz CT molecular complexity index is 667. The van der Waals surface area contributed by atoms with Crippen molar-refractivity contribution in [2.75, 3.05) is 11.4 Å². The minimum Gasteiger partial charge on any atom is -0.269 e. The van der Waals surface area contributed by atoms with Crippen LogP contribution in [0.2, 0.25) is 0 Å². The molecule has 2 aromatic rings. The van der Waals surface area contributed by atoms with Crippen LogP contribution in [0.15, 0.2) is 40.6 Å². The molecule has 3 nitrogen and oxygen atoms in total. The fourth-order valence-electron chi connectivity index (χ4n) is 1.49. The number of benzene rings is 1. The van der Waals surface area contributed by atoms with Crippen molar-refractivity contribution < 1.29 is 12.8 Å². The Morgan fingerprint density at radius 3 is 2.37 bits per heavy atom. The van der Waals surface area contributed by atoms with Crippen molar-refractivity contribution in [1.29, 1.82) is 0 Å². The predicted octanol–water partition coefficient (Wildman–Crippen LogP) is 3.45. The summed E-state index contributed by atoms with van der Waals surface area (Å²) in [7, 11) is -2.19. The summed E-state index contributed by atoms with van der Waals surface area (Å²) >= 11 is 6.79. The first-order chi connectivity index (χ1) is 8.95. The zero-order valence-electron chi connectivity index (χ0n) is 10.0. The van der Waals surface area contributed by atoms with Gasteiger partial charge in [-0.15, -0.1) is 22.9 Å². The molecule has 1 aromatic carbocycles. The second-order valence-corrected chi connectivity index (χ2v) is 7.44. The van der Waals surface area contributed by atoms with Crippen LogP contribution in [-0.2, 0) is 15.9 Å². The van der Waals surface area contributed by atoms with E-state index >= 15 is 0 Å². The fourth-order valence-corrected chi connectivity index (χ4v) is 4.32. The number of rotatable bonds is 4. The molecule has 1 aromatic heterocycles. The Labute approximate surface area is 120 Å². The summed E-state index contributed by atoms with van der Waals surface area (Å²) in [5, 5.41) is 0. The number of hydrogen-bond donors (Lipinski definition) is 0. The second kappa shape index (κ2) is 5.48. The molecule has 0 N–H and O–H groups in total. The first-order valence-corrected chi connectivity index (χ1v) is 8.13. The predicted molar refractivity (Wildman–Crippen MR) is 75.9 cm³/mol. The zero-order chi connectivity index (χ0) is 14.0. The molecule has 0 unspecified atom stereocenters. The van der Waals surface area contributed by atoms with Gasteiger partial charge in [0.1, 0.15) is 10.0 Å². The molecular weight excluding hydrogens is 309 g/mol. The van der Waals surface area contributed by atoms with Gasteiger partial charge in [0.2, 0.25) is 0 Å². The summed E-state index contributed by atoms with van der Waals surface area (Å²) in [4.78, 5) is 0.785. The summed E-state index contributed by atoms with van der Waals surface area (Å²) in [6.07, 6.45) is 0.